The topological polar surface area (TPSA) is 20.7 Å². The summed E-state index contributed by atoms with van der Waals surface area (Å²) in [5.74, 6) is 0. The molecule has 178 valence electrons. The van der Waals surface area contributed by atoms with E-state index in [1.165, 1.54) is 66.0 Å². The van der Waals surface area contributed by atoms with Gasteiger partial charge in [-0.1, -0.05) is 127 Å². The predicted molar refractivity (Wildman–Crippen MR) is 161 cm³/mol. The summed E-state index contributed by atoms with van der Waals surface area (Å²) in [6.07, 6.45) is 0. The van der Waals surface area contributed by atoms with E-state index in [1.54, 1.807) is 0 Å². The highest BCUT2D eigenvalue weighted by Gasteiger charge is 2.22. The van der Waals surface area contributed by atoms with Crippen molar-refractivity contribution >= 4 is 43.6 Å². The van der Waals surface area contributed by atoms with Crippen LogP contribution in [0.25, 0.3) is 71.6 Å². The van der Waals surface area contributed by atoms with E-state index in [0.717, 1.165) is 5.52 Å². The molecule has 0 atom stereocenters. The van der Waals surface area contributed by atoms with Crippen LogP contribution in [0.15, 0.2) is 140 Å². The summed E-state index contributed by atoms with van der Waals surface area (Å²) >= 11 is 0. The first-order valence-electron chi connectivity index (χ1n) is 13.1. The van der Waals surface area contributed by atoms with Gasteiger partial charge in [-0.3, -0.25) is 0 Å². The minimum atomic E-state index is 1.16. The van der Waals surface area contributed by atoms with Crippen LogP contribution in [-0.2, 0) is 0 Å². The van der Waals surface area contributed by atoms with E-state index >= 15 is 0 Å². The largest absolute Gasteiger partial charge is 0.353 e. The second kappa shape index (κ2) is 8.22. The minimum Gasteiger partial charge on any atom is -0.353 e. The summed E-state index contributed by atoms with van der Waals surface area (Å²) in [4.78, 5) is 3.79. The Morgan fingerprint density at radius 2 is 1.00 bits per heavy atom. The fourth-order valence-electron chi connectivity index (χ4n) is 6.09. The van der Waals surface area contributed by atoms with Crippen molar-refractivity contribution in [3.8, 4) is 27.9 Å². The molecule has 2 heteroatoms. The molecule has 6 aromatic carbocycles. The number of rotatable bonds is 3. The second-order valence-electron chi connectivity index (χ2n) is 9.84. The minimum absolute atomic E-state index is 1.16. The molecule has 0 aliphatic carbocycles. The molecular weight excluding hydrogens is 460 g/mol. The summed E-state index contributed by atoms with van der Waals surface area (Å²) in [5, 5.41) is 5.00. The Labute approximate surface area is 220 Å². The summed E-state index contributed by atoms with van der Waals surface area (Å²) in [5.41, 5.74) is 10.8. The van der Waals surface area contributed by atoms with Crippen molar-refractivity contribution in [2.24, 2.45) is 0 Å². The van der Waals surface area contributed by atoms with Crippen LogP contribution >= 0.6 is 0 Å². The zero-order chi connectivity index (χ0) is 25.1. The molecule has 0 aliphatic heterocycles. The molecule has 0 saturated carbocycles. The van der Waals surface area contributed by atoms with Crippen molar-refractivity contribution in [3.05, 3.63) is 140 Å². The molecule has 0 unspecified atom stereocenters. The maximum Gasteiger partial charge on any atom is 0.0783 e. The third kappa shape index (κ3) is 3.01. The van der Waals surface area contributed by atoms with Crippen molar-refractivity contribution in [1.82, 2.24) is 9.55 Å². The molecule has 2 nitrogen and oxygen atoms in total. The van der Waals surface area contributed by atoms with Crippen molar-refractivity contribution in [3.63, 3.8) is 0 Å². The van der Waals surface area contributed by atoms with Crippen LogP contribution in [-0.4, -0.2) is 9.55 Å². The Morgan fingerprint density at radius 3 is 1.71 bits per heavy atom. The molecule has 0 bridgehead atoms. The normalized spacial score (nSPS) is 11.7. The molecule has 2 aromatic heterocycles. The zero-order valence-electron chi connectivity index (χ0n) is 20.7. The van der Waals surface area contributed by atoms with Crippen LogP contribution in [0.3, 0.4) is 0 Å². The van der Waals surface area contributed by atoms with Gasteiger partial charge in [0.15, 0.2) is 0 Å². The van der Waals surface area contributed by atoms with Gasteiger partial charge in [-0.2, -0.15) is 0 Å². The van der Waals surface area contributed by atoms with Crippen molar-refractivity contribution in [2.75, 3.05) is 0 Å². The van der Waals surface area contributed by atoms with Crippen LogP contribution < -0.4 is 0 Å². The number of hydrogen-bond acceptors (Lipinski definition) is 0. The number of benzene rings is 6. The molecule has 8 aromatic rings. The van der Waals surface area contributed by atoms with Gasteiger partial charge in [0.25, 0.3) is 0 Å². The third-order valence-corrected chi connectivity index (χ3v) is 7.74. The van der Waals surface area contributed by atoms with Crippen LogP contribution in [0.4, 0.5) is 0 Å². The molecular formula is C36H24N2. The highest BCUT2D eigenvalue weighted by atomic mass is 15.0. The molecule has 0 radical (unpaired) electrons. The number of nitrogens with one attached hydrogen (secondary N) is 1. The lowest BCUT2D eigenvalue weighted by Gasteiger charge is -2.19. The van der Waals surface area contributed by atoms with Gasteiger partial charge in [0, 0.05) is 38.2 Å². The van der Waals surface area contributed by atoms with Gasteiger partial charge in [-0.25, -0.2) is 0 Å². The fraction of sp³-hybridized carbons (Fsp3) is 0. The zero-order valence-corrected chi connectivity index (χ0v) is 20.7. The average molecular weight is 485 g/mol. The first-order chi connectivity index (χ1) is 18.9. The van der Waals surface area contributed by atoms with Crippen LogP contribution in [0.1, 0.15) is 0 Å². The van der Waals surface area contributed by atoms with Crippen LogP contribution in [0.2, 0.25) is 0 Å². The number of para-hydroxylation sites is 3. The standard InChI is InChI=1S/C36H24N2/c1-3-12-24(13-4-1)26-18-11-19-27(25-14-5-2-6-15-25)35(26)38-33-21-10-8-17-29(33)31-23-22-30-28-16-7-9-20-32(28)37-34(30)36(31)38/h1-23,37H. The van der Waals surface area contributed by atoms with E-state index < -0.39 is 0 Å². The van der Waals surface area contributed by atoms with Gasteiger partial charge < -0.3 is 9.55 Å². The first-order valence-corrected chi connectivity index (χ1v) is 13.1. The summed E-state index contributed by atoms with van der Waals surface area (Å²) < 4.78 is 2.49. The van der Waals surface area contributed by atoms with Crippen molar-refractivity contribution in [1.29, 1.82) is 0 Å². The monoisotopic (exact) mass is 484 g/mol. The SMILES string of the molecule is c1ccc(-c2cccc(-c3ccccc3)c2-n2c3ccccc3c3ccc4c5ccccc5[nH]c4c32)cc1. The maximum absolute atomic E-state index is 3.79. The van der Waals surface area contributed by atoms with E-state index in [-0.39, 0.29) is 0 Å². The van der Waals surface area contributed by atoms with Crippen molar-refractivity contribution in [2.45, 2.75) is 0 Å². The maximum atomic E-state index is 3.79. The van der Waals surface area contributed by atoms with Crippen LogP contribution in [0.5, 0.6) is 0 Å². The molecule has 0 aliphatic rings. The number of hydrogen-bond donors (Lipinski definition) is 1. The Kier molecular flexibility index (Phi) is 4.55. The van der Waals surface area contributed by atoms with Gasteiger partial charge in [0.1, 0.15) is 0 Å². The lowest BCUT2D eigenvalue weighted by atomic mass is 9.95. The van der Waals surface area contributed by atoms with Gasteiger partial charge in [0.05, 0.1) is 22.2 Å². The molecule has 38 heavy (non-hydrogen) atoms. The molecule has 1 N–H and O–H groups in total. The summed E-state index contributed by atoms with van der Waals surface area (Å²) in [6, 6.07) is 50.1. The van der Waals surface area contributed by atoms with E-state index in [4.69, 9.17) is 0 Å². The Morgan fingerprint density at radius 1 is 0.421 bits per heavy atom. The predicted octanol–water partition coefficient (Wildman–Crippen LogP) is 9.75. The Bertz CT molecular complexity index is 2050. The smallest absolute Gasteiger partial charge is 0.0783 e. The van der Waals surface area contributed by atoms with Crippen LogP contribution in [0, 0.1) is 0 Å². The number of H-pyrrole nitrogens is 1. The highest BCUT2D eigenvalue weighted by Crippen LogP contribution is 2.43. The second-order valence-corrected chi connectivity index (χ2v) is 9.84. The number of aromatic amines is 1. The summed E-state index contributed by atoms with van der Waals surface area (Å²) in [7, 11) is 0. The molecule has 0 saturated heterocycles. The molecule has 0 amide bonds. The first kappa shape index (κ1) is 21.0. The van der Waals surface area contributed by atoms with E-state index in [1.807, 2.05) is 0 Å². The van der Waals surface area contributed by atoms with E-state index in [0.29, 0.717) is 0 Å². The number of nitrogens with zero attached hydrogens (tertiary/aromatic N) is 1. The van der Waals surface area contributed by atoms with Gasteiger partial charge in [0.2, 0.25) is 0 Å². The van der Waals surface area contributed by atoms with Gasteiger partial charge in [-0.05, 0) is 23.3 Å². The van der Waals surface area contributed by atoms with E-state index in [2.05, 4.69) is 149 Å². The number of aromatic nitrogens is 2. The Hall–Kier alpha value is -5.08. The van der Waals surface area contributed by atoms with E-state index in [9.17, 15) is 0 Å². The van der Waals surface area contributed by atoms with Gasteiger partial charge >= 0.3 is 0 Å². The molecule has 2 heterocycles. The Balaban J connectivity index is 1.62. The lowest BCUT2D eigenvalue weighted by Crippen LogP contribution is -2.01. The van der Waals surface area contributed by atoms with Crippen molar-refractivity contribution < 1.29 is 0 Å². The number of fused-ring (bicyclic) bond motifs is 7. The average Bonchev–Trinajstić information content (AvgIpc) is 3.53. The quantitative estimate of drug-likeness (QED) is 0.258. The molecule has 0 spiro atoms. The van der Waals surface area contributed by atoms with Gasteiger partial charge in [-0.15, -0.1) is 0 Å². The lowest BCUT2D eigenvalue weighted by molar-refractivity contribution is 1.19. The third-order valence-electron chi connectivity index (χ3n) is 7.74. The highest BCUT2D eigenvalue weighted by molar-refractivity contribution is 6.23. The molecule has 0 fully saturated rings. The molecule has 8 rings (SSSR count). The fourth-order valence-corrected chi connectivity index (χ4v) is 6.09. The summed E-state index contributed by atoms with van der Waals surface area (Å²) in [6.45, 7) is 0.